The minimum atomic E-state index is -4.05. The lowest BCUT2D eigenvalue weighted by atomic mass is 9.47. The van der Waals surface area contributed by atoms with Gasteiger partial charge in [0.15, 0.2) is 0 Å². The van der Waals surface area contributed by atoms with Gasteiger partial charge < -0.3 is 11.1 Å². The number of hydrogen-bond donors (Lipinski definition) is 2. The summed E-state index contributed by atoms with van der Waals surface area (Å²) < 4.78 is 29.5. The Balaban J connectivity index is 1.31. The Labute approximate surface area is 227 Å². The summed E-state index contributed by atoms with van der Waals surface area (Å²) >= 11 is 18.7. The molecule has 12 heteroatoms. The summed E-state index contributed by atoms with van der Waals surface area (Å²) in [6, 6.07) is 2.90. The van der Waals surface area contributed by atoms with Gasteiger partial charge in [-0.15, -0.1) is 0 Å². The molecule has 8 nitrogen and oxygen atoms in total. The monoisotopic (exact) mass is 576 g/mol. The van der Waals surface area contributed by atoms with Crippen LogP contribution in [0.1, 0.15) is 45.4 Å². The van der Waals surface area contributed by atoms with Crippen LogP contribution in [0.3, 0.4) is 0 Å². The van der Waals surface area contributed by atoms with Gasteiger partial charge in [-0.3, -0.25) is 13.9 Å². The van der Waals surface area contributed by atoms with Gasteiger partial charge in [0.25, 0.3) is 0 Å². The van der Waals surface area contributed by atoms with Gasteiger partial charge in [-0.1, -0.05) is 41.7 Å². The van der Waals surface area contributed by atoms with Gasteiger partial charge in [0, 0.05) is 30.6 Å². The molecule has 5 fully saturated rings. The molecule has 198 valence electrons. The number of hydrogen-bond acceptors (Lipinski definition) is 4. The first-order valence-electron chi connectivity index (χ1n) is 12.4. The minimum Gasteiger partial charge on any atom is -0.370 e. The number of halogens is 3. The molecular weight excluding hydrogens is 547 g/mol. The lowest BCUT2D eigenvalue weighted by Gasteiger charge is -2.60. The van der Waals surface area contributed by atoms with E-state index in [0.717, 1.165) is 32.1 Å². The zero-order valence-corrected chi connectivity index (χ0v) is 23.1. The first kappa shape index (κ1) is 26.4. The molecule has 3 unspecified atom stereocenters. The molecular formula is C24H31Cl3N4O4S. The van der Waals surface area contributed by atoms with Crippen LogP contribution in [0.5, 0.6) is 0 Å². The Morgan fingerprint density at radius 2 is 1.69 bits per heavy atom. The highest BCUT2D eigenvalue weighted by molar-refractivity contribution is 7.90. The van der Waals surface area contributed by atoms with Gasteiger partial charge in [-0.2, -0.15) is 12.7 Å². The zero-order valence-electron chi connectivity index (χ0n) is 20.1. The molecule has 1 saturated heterocycles. The topological polar surface area (TPSA) is 113 Å². The van der Waals surface area contributed by atoms with Crippen molar-refractivity contribution in [2.45, 2.75) is 51.5 Å². The fraction of sp³-hybridized carbons (Fsp3) is 0.667. The van der Waals surface area contributed by atoms with Gasteiger partial charge in [0.05, 0.1) is 22.3 Å². The lowest BCUT2D eigenvalue weighted by molar-refractivity contribution is -0.134. The van der Waals surface area contributed by atoms with Crippen molar-refractivity contribution in [3.63, 3.8) is 0 Å². The van der Waals surface area contributed by atoms with Gasteiger partial charge >= 0.3 is 10.2 Å². The van der Waals surface area contributed by atoms with Gasteiger partial charge in [0.1, 0.15) is 0 Å². The van der Waals surface area contributed by atoms with Crippen molar-refractivity contribution in [2.24, 2.45) is 34.8 Å². The van der Waals surface area contributed by atoms with Gasteiger partial charge in [0.2, 0.25) is 11.8 Å². The molecule has 3 atom stereocenters. The highest BCUT2D eigenvalue weighted by Gasteiger charge is 2.56. The van der Waals surface area contributed by atoms with Crippen molar-refractivity contribution in [2.75, 3.05) is 23.9 Å². The van der Waals surface area contributed by atoms with Gasteiger partial charge in [-0.25, -0.2) is 0 Å². The third-order valence-electron chi connectivity index (χ3n) is 8.43. The van der Waals surface area contributed by atoms with Crippen molar-refractivity contribution in [3.8, 4) is 0 Å². The van der Waals surface area contributed by atoms with Crippen LogP contribution in [0.15, 0.2) is 12.1 Å². The Morgan fingerprint density at radius 3 is 2.28 bits per heavy atom. The SMILES string of the molecule is CC1CN(CC(=O)NC2C3CC4CC2CC(CC(N)=O)(C4)C3)S(=O)(=O)N(c2c(Cl)cc(Cl)cc2Cl)C1. The van der Waals surface area contributed by atoms with Crippen molar-refractivity contribution in [1.29, 1.82) is 0 Å². The molecule has 1 aliphatic heterocycles. The largest absolute Gasteiger partial charge is 0.370 e. The minimum absolute atomic E-state index is 0.00349. The maximum atomic E-state index is 13.5. The van der Waals surface area contributed by atoms with E-state index >= 15 is 0 Å². The van der Waals surface area contributed by atoms with E-state index < -0.39 is 10.2 Å². The second-order valence-corrected chi connectivity index (χ2v) is 14.5. The standard InChI is InChI=1S/C24H31Cl3N4O4S/c1-13-10-30(36(34,35)31(11-13)23-18(26)4-17(25)5-19(23)27)12-21(33)29-22-15-2-14-3-16(22)8-24(6-14,7-15)9-20(28)32/h4-5,13-16,22H,2-3,6-12H2,1H3,(H2,28,32)(H,29,33). The molecule has 1 heterocycles. The van der Waals surface area contributed by atoms with Crippen LogP contribution in [-0.4, -0.2) is 50.2 Å². The molecule has 3 N–H and O–H groups in total. The number of nitrogens with zero attached hydrogens (tertiary/aromatic N) is 2. The molecule has 4 saturated carbocycles. The molecule has 2 amide bonds. The number of amides is 2. The number of nitrogens with two attached hydrogens (primary N) is 1. The highest BCUT2D eigenvalue weighted by Crippen LogP contribution is 2.61. The maximum absolute atomic E-state index is 13.5. The van der Waals surface area contributed by atoms with Crippen LogP contribution in [0.25, 0.3) is 0 Å². The summed E-state index contributed by atoms with van der Waals surface area (Å²) in [6.07, 6.45) is 5.28. The summed E-state index contributed by atoms with van der Waals surface area (Å²) in [5, 5.41) is 3.74. The molecule has 5 aliphatic rings. The summed E-state index contributed by atoms with van der Waals surface area (Å²) in [6.45, 7) is 2.05. The van der Waals surface area contributed by atoms with E-state index in [0.29, 0.717) is 29.2 Å². The number of benzene rings is 1. The number of primary amides is 1. The second kappa shape index (κ2) is 9.49. The van der Waals surface area contributed by atoms with Crippen LogP contribution in [-0.2, 0) is 19.8 Å². The summed E-state index contributed by atoms with van der Waals surface area (Å²) in [4.78, 5) is 24.9. The molecule has 6 rings (SSSR count). The highest BCUT2D eigenvalue weighted by atomic mass is 35.5. The Bertz CT molecular complexity index is 1160. The van der Waals surface area contributed by atoms with Crippen LogP contribution >= 0.6 is 34.8 Å². The maximum Gasteiger partial charge on any atom is 0.304 e. The number of carbonyl (C=O) groups is 2. The van der Waals surface area contributed by atoms with Crippen molar-refractivity contribution < 1.29 is 18.0 Å². The van der Waals surface area contributed by atoms with E-state index in [1.54, 1.807) is 0 Å². The third-order valence-corrected chi connectivity index (χ3v) is 11.0. The Kier molecular flexibility index (Phi) is 6.94. The Hall–Kier alpha value is -1.26. The van der Waals surface area contributed by atoms with Crippen LogP contribution in [0, 0.1) is 29.1 Å². The molecule has 0 spiro atoms. The van der Waals surface area contributed by atoms with E-state index in [2.05, 4.69) is 5.32 Å². The normalized spacial score (nSPS) is 35.1. The average molecular weight is 578 g/mol. The summed E-state index contributed by atoms with van der Waals surface area (Å²) in [5.41, 5.74) is 5.68. The van der Waals surface area contributed by atoms with Crippen LogP contribution in [0.2, 0.25) is 15.1 Å². The van der Waals surface area contributed by atoms with E-state index in [-0.39, 0.29) is 64.6 Å². The average Bonchev–Trinajstić information content (AvgIpc) is 2.72. The lowest BCUT2D eigenvalue weighted by Crippen LogP contribution is -2.61. The van der Waals surface area contributed by atoms with Crippen LogP contribution in [0.4, 0.5) is 5.69 Å². The van der Waals surface area contributed by atoms with Crippen molar-refractivity contribution >= 4 is 62.5 Å². The third kappa shape index (κ3) is 4.82. The van der Waals surface area contributed by atoms with Crippen molar-refractivity contribution in [3.05, 3.63) is 27.2 Å². The van der Waals surface area contributed by atoms with E-state index in [9.17, 15) is 18.0 Å². The molecule has 36 heavy (non-hydrogen) atoms. The number of rotatable bonds is 6. The first-order valence-corrected chi connectivity index (χ1v) is 14.9. The Morgan fingerprint density at radius 1 is 1.08 bits per heavy atom. The molecule has 1 aromatic rings. The van der Waals surface area contributed by atoms with Gasteiger partial charge in [-0.05, 0) is 73.3 Å². The number of carbonyl (C=O) groups excluding carboxylic acids is 2. The molecule has 1 aromatic carbocycles. The summed E-state index contributed by atoms with van der Waals surface area (Å²) in [5.74, 6) is 0.522. The first-order chi connectivity index (χ1) is 16.9. The fourth-order valence-corrected chi connectivity index (χ4v) is 10.5. The molecule has 4 bridgehead atoms. The number of nitrogens with one attached hydrogen (secondary N) is 1. The van der Waals surface area contributed by atoms with E-state index in [4.69, 9.17) is 40.5 Å². The smallest absolute Gasteiger partial charge is 0.304 e. The quantitative estimate of drug-likeness (QED) is 0.535. The molecule has 0 aromatic heterocycles. The van der Waals surface area contributed by atoms with Crippen LogP contribution < -0.4 is 15.4 Å². The number of anilines is 1. The predicted octanol–water partition coefficient (Wildman–Crippen LogP) is 3.84. The van der Waals surface area contributed by atoms with E-state index in [1.165, 1.54) is 20.7 Å². The predicted molar refractivity (Wildman–Crippen MR) is 140 cm³/mol. The fourth-order valence-electron chi connectivity index (χ4n) is 7.55. The summed E-state index contributed by atoms with van der Waals surface area (Å²) in [7, 11) is -4.05. The molecule has 4 aliphatic carbocycles. The van der Waals surface area contributed by atoms with E-state index in [1.807, 2.05) is 6.92 Å². The second-order valence-electron chi connectivity index (χ2n) is 11.4. The molecule has 0 radical (unpaired) electrons. The van der Waals surface area contributed by atoms with Crippen molar-refractivity contribution in [1.82, 2.24) is 9.62 Å². The zero-order chi connectivity index (χ0) is 26.0.